The predicted molar refractivity (Wildman–Crippen MR) is 69.0 cm³/mol. The molecular weight excluding hydrogens is 250 g/mol. The third kappa shape index (κ3) is 2.10. The van der Waals surface area contributed by atoms with Crippen LogP contribution in [-0.2, 0) is 0 Å². The van der Waals surface area contributed by atoms with Crippen molar-refractivity contribution in [1.82, 2.24) is 14.9 Å². The molecule has 0 bridgehead atoms. The van der Waals surface area contributed by atoms with Crippen LogP contribution in [-0.4, -0.2) is 34.4 Å². The molecule has 2 rings (SSSR count). The van der Waals surface area contributed by atoms with Crippen LogP contribution in [0.5, 0.6) is 0 Å². The lowest BCUT2D eigenvalue weighted by atomic mass is 10.3. The van der Waals surface area contributed by atoms with Gasteiger partial charge in [-0.05, 0) is 0 Å². The van der Waals surface area contributed by atoms with Crippen LogP contribution < -0.4 is 5.73 Å². The average Bonchev–Trinajstić information content (AvgIpc) is 2.73. The molecule has 0 radical (unpaired) electrons. The Balaban J connectivity index is 2.34. The Labute approximate surface area is 108 Å². The second kappa shape index (κ2) is 4.98. The summed E-state index contributed by atoms with van der Waals surface area (Å²) >= 11 is 1.22. The first-order valence-electron chi connectivity index (χ1n) is 5.26. The molecule has 6 nitrogen and oxygen atoms in total. The van der Waals surface area contributed by atoms with E-state index in [1.165, 1.54) is 16.2 Å². The summed E-state index contributed by atoms with van der Waals surface area (Å²) in [7, 11) is 1.64. The van der Waals surface area contributed by atoms with Crippen molar-refractivity contribution in [2.24, 2.45) is 0 Å². The van der Waals surface area contributed by atoms with E-state index in [2.05, 4.69) is 9.97 Å². The van der Waals surface area contributed by atoms with Crippen LogP contribution >= 0.6 is 11.3 Å². The Kier molecular flexibility index (Phi) is 3.39. The minimum atomic E-state index is -0.201. The number of carbonyl (C=O) groups is 1. The molecule has 0 aromatic carbocycles. The molecule has 0 atom stereocenters. The highest BCUT2D eigenvalue weighted by atomic mass is 32.1. The molecule has 2 aromatic heterocycles. The zero-order chi connectivity index (χ0) is 13.1. The maximum absolute atomic E-state index is 12.1. The number of nitrogens with zero attached hydrogens (tertiary/aromatic N) is 4. The van der Waals surface area contributed by atoms with Crippen LogP contribution in [0.4, 0.5) is 5.69 Å². The number of carbonyl (C=O) groups excluding carboxylic acids is 1. The van der Waals surface area contributed by atoms with E-state index >= 15 is 0 Å². The van der Waals surface area contributed by atoms with E-state index in [-0.39, 0.29) is 5.91 Å². The average molecular weight is 261 g/mol. The first-order valence-corrected chi connectivity index (χ1v) is 6.08. The molecule has 18 heavy (non-hydrogen) atoms. The molecule has 0 aliphatic carbocycles. The van der Waals surface area contributed by atoms with Gasteiger partial charge in [-0.2, -0.15) is 5.26 Å². The second-order valence-corrected chi connectivity index (χ2v) is 4.69. The van der Waals surface area contributed by atoms with Crippen LogP contribution in [0.3, 0.4) is 0 Å². The maximum Gasteiger partial charge on any atom is 0.265 e. The number of hydrogen-bond acceptors (Lipinski definition) is 6. The molecule has 0 spiro atoms. The number of amides is 1. The molecule has 7 heteroatoms. The quantitative estimate of drug-likeness (QED) is 0.897. The zero-order valence-corrected chi connectivity index (χ0v) is 10.6. The Morgan fingerprint density at radius 2 is 2.28 bits per heavy atom. The fourth-order valence-electron chi connectivity index (χ4n) is 1.50. The summed E-state index contributed by atoms with van der Waals surface area (Å²) in [6.45, 7) is 0.379. The van der Waals surface area contributed by atoms with Crippen molar-refractivity contribution in [3.63, 3.8) is 0 Å². The van der Waals surface area contributed by atoms with Crippen molar-refractivity contribution < 1.29 is 4.79 Å². The lowest BCUT2D eigenvalue weighted by Crippen LogP contribution is -2.27. The van der Waals surface area contributed by atoms with E-state index < -0.39 is 0 Å². The molecule has 0 fully saturated rings. The molecule has 0 saturated heterocycles. The van der Waals surface area contributed by atoms with Gasteiger partial charge < -0.3 is 10.6 Å². The van der Waals surface area contributed by atoms with E-state index in [0.717, 1.165) is 0 Å². The van der Waals surface area contributed by atoms with Gasteiger partial charge in [-0.15, -0.1) is 11.3 Å². The van der Waals surface area contributed by atoms with Crippen LogP contribution in [0, 0.1) is 11.3 Å². The fourth-order valence-corrected chi connectivity index (χ4v) is 2.51. The first kappa shape index (κ1) is 12.3. The minimum absolute atomic E-state index is 0.201. The fraction of sp³-hybridized carbons (Fsp3) is 0.273. The monoisotopic (exact) mass is 261 g/mol. The molecule has 0 aliphatic rings. The first-order chi connectivity index (χ1) is 8.65. The lowest BCUT2D eigenvalue weighted by molar-refractivity contribution is 0.0803. The molecule has 2 heterocycles. The molecule has 92 valence electrons. The number of hydrogen-bond donors (Lipinski definition) is 1. The molecule has 0 unspecified atom stereocenters. The summed E-state index contributed by atoms with van der Waals surface area (Å²) in [6.07, 6.45) is 3.40. The van der Waals surface area contributed by atoms with Gasteiger partial charge >= 0.3 is 0 Å². The van der Waals surface area contributed by atoms with Crippen molar-refractivity contribution in [1.29, 1.82) is 5.26 Å². The van der Waals surface area contributed by atoms with Gasteiger partial charge in [0, 0.05) is 26.0 Å². The van der Waals surface area contributed by atoms with Crippen molar-refractivity contribution in [3.8, 4) is 6.07 Å². The molecule has 0 aliphatic heterocycles. The van der Waals surface area contributed by atoms with Gasteiger partial charge in [0.05, 0.1) is 18.2 Å². The van der Waals surface area contributed by atoms with E-state index in [1.54, 1.807) is 19.4 Å². The maximum atomic E-state index is 12.1. The number of nitriles is 1. The smallest absolute Gasteiger partial charge is 0.265 e. The highest BCUT2D eigenvalue weighted by molar-refractivity contribution is 7.21. The van der Waals surface area contributed by atoms with Crippen molar-refractivity contribution in [2.45, 2.75) is 6.42 Å². The van der Waals surface area contributed by atoms with Gasteiger partial charge in [-0.3, -0.25) is 4.79 Å². The summed E-state index contributed by atoms with van der Waals surface area (Å²) < 4.78 is 0. The van der Waals surface area contributed by atoms with Gasteiger partial charge in [-0.25, -0.2) is 9.97 Å². The highest BCUT2D eigenvalue weighted by Crippen LogP contribution is 2.31. The standard InChI is InChI=1S/C11H11N5OS/c1-16(6-2-3-12)11(17)9-7(13)8-10(18-9)15-5-4-14-8/h4-5H,2,6,13H2,1H3. The Bertz CT molecular complexity index is 630. The van der Waals surface area contributed by atoms with Gasteiger partial charge in [0.1, 0.15) is 15.2 Å². The summed E-state index contributed by atoms with van der Waals surface area (Å²) in [5.41, 5.74) is 6.82. The number of nitrogens with two attached hydrogens (primary N) is 1. The number of nitrogen functional groups attached to an aromatic ring is 1. The third-order valence-corrected chi connectivity index (χ3v) is 3.55. The number of anilines is 1. The van der Waals surface area contributed by atoms with E-state index in [0.29, 0.717) is 33.9 Å². The largest absolute Gasteiger partial charge is 0.396 e. The Hall–Kier alpha value is -2.20. The van der Waals surface area contributed by atoms with Crippen molar-refractivity contribution in [2.75, 3.05) is 19.3 Å². The molecule has 2 aromatic rings. The number of aromatic nitrogens is 2. The summed E-state index contributed by atoms with van der Waals surface area (Å²) in [5.74, 6) is -0.201. The SMILES string of the molecule is CN(CCC#N)C(=O)c1sc2nccnc2c1N. The number of thiophene rings is 1. The van der Waals surface area contributed by atoms with Crippen LogP contribution in [0.25, 0.3) is 10.3 Å². The Morgan fingerprint density at radius 1 is 1.56 bits per heavy atom. The summed E-state index contributed by atoms with van der Waals surface area (Å²) in [4.78, 5) is 22.9. The van der Waals surface area contributed by atoms with E-state index in [9.17, 15) is 4.79 Å². The summed E-state index contributed by atoms with van der Waals surface area (Å²) in [5, 5.41) is 8.51. The van der Waals surface area contributed by atoms with Gasteiger partial charge in [-0.1, -0.05) is 0 Å². The normalized spacial score (nSPS) is 10.2. The molecular formula is C11H11N5OS. The van der Waals surface area contributed by atoms with Gasteiger partial charge in [0.25, 0.3) is 5.91 Å². The second-order valence-electron chi connectivity index (χ2n) is 3.69. The zero-order valence-electron chi connectivity index (χ0n) is 9.75. The summed E-state index contributed by atoms with van der Waals surface area (Å²) in [6, 6.07) is 2.00. The van der Waals surface area contributed by atoms with Crippen LogP contribution in [0.1, 0.15) is 16.1 Å². The lowest BCUT2D eigenvalue weighted by Gasteiger charge is -2.14. The van der Waals surface area contributed by atoms with Crippen molar-refractivity contribution >= 4 is 33.3 Å². The molecule has 0 saturated carbocycles. The van der Waals surface area contributed by atoms with Crippen LogP contribution in [0.15, 0.2) is 12.4 Å². The highest BCUT2D eigenvalue weighted by Gasteiger charge is 2.20. The number of fused-ring (bicyclic) bond motifs is 1. The van der Waals surface area contributed by atoms with Gasteiger partial charge in [0.2, 0.25) is 0 Å². The predicted octanol–water partition coefficient (Wildman–Crippen LogP) is 1.26. The Morgan fingerprint density at radius 3 is 2.94 bits per heavy atom. The third-order valence-electron chi connectivity index (χ3n) is 2.46. The topological polar surface area (TPSA) is 95.9 Å². The van der Waals surface area contributed by atoms with Crippen LogP contribution in [0.2, 0.25) is 0 Å². The van der Waals surface area contributed by atoms with E-state index in [1.807, 2.05) is 6.07 Å². The number of rotatable bonds is 3. The molecule has 1 amide bonds. The van der Waals surface area contributed by atoms with Crippen molar-refractivity contribution in [3.05, 3.63) is 17.3 Å². The van der Waals surface area contributed by atoms with E-state index in [4.69, 9.17) is 11.0 Å². The molecule has 2 N–H and O–H groups in total. The minimum Gasteiger partial charge on any atom is -0.396 e. The van der Waals surface area contributed by atoms with Gasteiger partial charge in [0.15, 0.2) is 0 Å².